The molecule has 1 N–H and O–H groups in total. The lowest BCUT2D eigenvalue weighted by atomic mass is 10.1. The van der Waals surface area contributed by atoms with Crippen molar-refractivity contribution in [2.75, 3.05) is 51.2 Å². The van der Waals surface area contributed by atoms with Gasteiger partial charge in [0.25, 0.3) is 0 Å². The van der Waals surface area contributed by atoms with E-state index in [9.17, 15) is 13.2 Å². The maximum Gasteiger partial charge on any atom is 0.165 e. The smallest absolute Gasteiger partial charge is 0.165 e. The number of aliphatic hydroxyl groups excluding tert-OH is 1. The second-order valence-corrected chi connectivity index (χ2v) is 10.9. The number of aliphatic hydroxyl groups is 1. The second kappa shape index (κ2) is 14.2. The number of sulfone groups is 1. The van der Waals surface area contributed by atoms with Crippen LogP contribution in [-0.2, 0) is 9.84 Å². The largest absolute Gasteiger partial charge is 0.454 e. The molecule has 2 rings (SSSR count). The molecule has 0 spiro atoms. The van der Waals surface area contributed by atoms with Gasteiger partial charge in [-0.05, 0) is 56.7 Å². The molecule has 32 heavy (non-hydrogen) atoms. The number of nitrogens with zero attached hydrogens (tertiary/aromatic N) is 2. The Morgan fingerprint density at radius 3 is 2.28 bits per heavy atom. The zero-order valence-corrected chi connectivity index (χ0v) is 21.1. The molecule has 0 amide bonds. The average molecular weight is 483 g/mol. The number of rotatable bonds is 12. The number of hydrogen-bond donors (Lipinski definition) is 1. The summed E-state index contributed by atoms with van der Waals surface area (Å²) in [7, 11) is 1.70. The van der Waals surface area contributed by atoms with E-state index in [1.54, 1.807) is 12.1 Å². The predicted octanol–water partition coefficient (Wildman–Crippen LogP) is 4.12. The van der Waals surface area contributed by atoms with Gasteiger partial charge in [0.1, 0.15) is 21.9 Å². The molecule has 0 aliphatic carbocycles. The van der Waals surface area contributed by atoms with Crippen molar-refractivity contribution in [2.24, 2.45) is 0 Å². The van der Waals surface area contributed by atoms with Crippen molar-refractivity contribution in [1.82, 2.24) is 4.31 Å². The number of ether oxygens (including phenoxy) is 1. The van der Waals surface area contributed by atoms with E-state index in [1.165, 1.54) is 18.2 Å². The molecule has 0 saturated heterocycles. The maximum absolute atomic E-state index is 11.8. The number of para-hydroxylation sites is 1. The second-order valence-electron chi connectivity index (χ2n) is 7.27. The normalized spacial score (nSPS) is 11.0. The first kappa shape index (κ1) is 28.0. The highest BCUT2D eigenvalue weighted by molar-refractivity contribution is 7.97. The van der Waals surface area contributed by atoms with E-state index >= 15 is 0 Å². The van der Waals surface area contributed by atoms with E-state index in [1.807, 2.05) is 53.6 Å². The third-order valence-electron chi connectivity index (χ3n) is 4.29. The molecular formula is C23H34N2O5S2. The minimum absolute atomic E-state index is 0.0307. The van der Waals surface area contributed by atoms with Crippen LogP contribution >= 0.6 is 11.9 Å². The Kier molecular flexibility index (Phi) is 12.4. The number of benzene rings is 2. The first-order valence-electron chi connectivity index (χ1n) is 10.3. The van der Waals surface area contributed by atoms with Gasteiger partial charge in [-0.2, -0.15) is 0 Å². The van der Waals surface area contributed by atoms with Crippen molar-refractivity contribution in [2.45, 2.75) is 24.7 Å². The van der Waals surface area contributed by atoms with Gasteiger partial charge >= 0.3 is 0 Å². The summed E-state index contributed by atoms with van der Waals surface area (Å²) in [5.41, 5.74) is 1.25. The number of carbonyl (C=O) groups excluding carboxylic acids is 1. The first-order valence-corrected chi connectivity index (χ1v) is 13.2. The fourth-order valence-electron chi connectivity index (χ4n) is 2.86. The Morgan fingerprint density at radius 1 is 1.09 bits per heavy atom. The highest BCUT2D eigenvalue weighted by Crippen LogP contribution is 2.42. The van der Waals surface area contributed by atoms with Crippen LogP contribution in [0.15, 0.2) is 47.4 Å². The van der Waals surface area contributed by atoms with Crippen LogP contribution in [0.3, 0.4) is 0 Å². The Labute approximate surface area is 196 Å². The number of anilines is 1. The van der Waals surface area contributed by atoms with Gasteiger partial charge in [-0.25, -0.2) is 8.42 Å². The third-order valence-corrected chi connectivity index (χ3v) is 6.08. The summed E-state index contributed by atoms with van der Waals surface area (Å²) < 4.78 is 31.9. The Hall–Kier alpha value is -2.07. The molecule has 0 bridgehead atoms. The van der Waals surface area contributed by atoms with E-state index in [0.717, 1.165) is 36.8 Å². The van der Waals surface area contributed by atoms with Crippen molar-refractivity contribution in [3.05, 3.63) is 48.0 Å². The standard InChI is InChI=1S/C22H30N2O4S2.CH4O/c1-5-6-12-24(13-14-30(4,26)27)20-15-18(17-25)16-21(29-23(2)3)22(20)28-19-10-8-7-9-11-19;1-2/h7-11,15-17H,5-6,12-14H2,1-4H3;2H,1H3. The molecule has 0 unspecified atom stereocenters. The van der Waals surface area contributed by atoms with Gasteiger partial charge in [-0.15, -0.1) is 0 Å². The van der Waals surface area contributed by atoms with Crippen LogP contribution in [0.2, 0.25) is 0 Å². The van der Waals surface area contributed by atoms with E-state index in [-0.39, 0.29) is 5.75 Å². The molecule has 0 aliphatic rings. The predicted molar refractivity (Wildman–Crippen MR) is 133 cm³/mol. The van der Waals surface area contributed by atoms with Crippen LogP contribution in [0.5, 0.6) is 11.5 Å². The summed E-state index contributed by atoms with van der Waals surface area (Å²) in [4.78, 5) is 14.4. The van der Waals surface area contributed by atoms with Crippen LogP contribution in [0.4, 0.5) is 5.69 Å². The SMILES string of the molecule is CCCCN(CCS(C)(=O)=O)c1cc(C=O)cc(SN(C)C)c1Oc1ccccc1.CO. The minimum Gasteiger partial charge on any atom is -0.454 e. The number of carbonyl (C=O) groups is 1. The molecule has 0 aromatic heterocycles. The third kappa shape index (κ3) is 9.60. The van der Waals surface area contributed by atoms with Gasteiger partial charge in [0.2, 0.25) is 0 Å². The fourth-order valence-corrected chi connectivity index (χ4v) is 4.23. The molecule has 0 heterocycles. The topological polar surface area (TPSA) is 87.2 Å². The first-order chi connectivity index (χ1) is 15.2. The van der Waals surface area contributed by atoms with Crippen LogP contribution in [-0.4, -0.2) is 70.4 Å². The highest BCUT2D eigenvalue weighted by Gasteiger charge is 2.21. The molecule has 0 saturated carbocycles. The molecule has 0 fully saturated rings. The molecule has 2 aromatic carbocycles. The molecule has 178 valence electrons. The molecular weight excluding hydrogens is 448 g/mol. The summed E-state index contributed by atoms with van der Waals surface area (Å²) in [6.07, 6.45) is 3.92. The Morgan fingerprint density at radius 2 is 1.75 bits per heavy atom. The van der Waals surface area contributed by atoms with Gasteiger partial charge in [0.15, 0.2) is 5.75 Å². The van der Waals surface area contributed by atoms with Crippen molar-refractivity contribution in [1.29, 1.82) is 0 Å². The van der Waals surface area contributed by atoms with E-state index in [2.05, 4.69) is 6.92 Å². The summed E-state index contributed by atoms with van der Waals surface area (Å²) in [6, 6.07) is 13.0. The molecule has 2 aromatic rings. The maximum atomic E-state index is 11.8. The van der Waals surface area contributed by atoms with Crippen molar-refractivity contribution >= 4 is 33.8 Å². The van der Waals surface area contributed by atoms with Crippen LogP contribution in [0.1, 0.15) is 30.1 Å². The van der Waals surface area contributed by atoms with Crippen molar-refractivity contribution in [3.8, 4) is 11.5 Å². The van der Waals surface area contributed by atoms with Gasteiger partial charge in [-0.1, -0.05) is 31.5 Å². The van der Waals surface area contributed by atoms with Crippen molar-refractivity contribution < 1.29 is 23.1 Å². The minimum atomic E-state index is -3.13. The lowest BCUT2D eigenvalue weighted by Crippen LogP contribution is -2.30. The van der Waals surface area contributed by atoms with Crippen LogP contribution in [0.25, 0.3) is 0 Å². The molecule has 0 aliphatic heterocycles. The number of unbranched alkanes of at least 4 members (excludes halogenated alkanes) is 1. The van der Waals surface area contributed by atoms with Gasteiger partial charge in [0.05, 0.1) is 16.3 Å². The lowest BCUT2D eigenvalue weighted by molar-refractivity contribution is 0.112. The van der Waals surface area contributed by atoms with Gasteiger partial charge in [-0.3, -0.25) is 9.10 Å². The summed E-state index contributed by atoms with van der Waals surface area (Å²) in [6.45, 7) is 3.09. The number of aldehydes is 1. The van der Waals surface area contributed by atoms with Gasteiger partial charge < -0.3 is 14.7 Å². The zero-order chi connectivity index (χ0) is 24.1. The molecule has 0 atom stereocenters. The average Bonchev–Trinajstić information content (AvgIpc) is 2.76. The Balaban J connectivity index is 0.00000249. The molecule has 9 heteroatoms. The zero-order valence-electron chi connectivity index (χ0n) is 19.4. The summed E-state index contributed by atoms with van der Waals surface area (Å²) in [5.74, 6) is 1.33. The van der Waals surface area contributed by atoms with E-state index in [4.69, 9.17) is 9.84 Å². The fraction of sp³-hybridized carbons (Fsp3) is 0.435. The lowest BCUT2D eigenvalue weighted by Gasteiger charge is -2.28. The number of hydrogen-bond acceptors (Lipinski definition) is 8. The van der Waals surface area contributed by atoms with Crippen LogP contribution in [0, 0.1) is 0 Å². The molecule has 7 nitrogen and oxygen atoms in total. The Bertz CT molecular complexity index is 935. The summed E-state index contributed by atoms with van der Waals surface area (Å²) in [5, 5.41) is 7.00. The summed E-state index contributed by atoms with van der Waals surface area (Å²) >= 11 is 1.46. The van der Waals surface area contributed by atoms with E-state index in [0.29, 0.717) is 30.2 Å². The van der Waals surface area contributed by atoms with E-state index < -0.39 is 9.84 Å². The van der Waals surface area contributed by atoms with Gasteiger partial charge in [0, 0.05) is 32.0 Å². The monoisotopic (exact) mass is 482 g/mol. The molecule has 0 radical (unpaired) electrons. The van der Waals surface area contributed by atoms with Crippen molar-refractivity contribution in [3.63, 3.8) is 0 Å². The van der Waals surface area contributed by atoms with Crippen LogP contribution < -0.4 is 9.64 Å². The quantitative estimate of drug-likeness (QED) is 0.357. The highest BCUT2D eigenvalue weighted by atomic mass is 32.2.